The summed E-state index contributed by atoms with van der Waals surface area (Å²) >= 11 is 0. The molecule has 22 heavy (non-hydrogen) atoms. The van der Waals surface area contributed by atoms with Crippen LogP contribution in [0.2, 0.25) is 0 Å². The fourth-order valence-electron chi connectivity index (χ4n) is 4.06. The molecular weight excluding hydrogens is 272 g/mol. The number of aliphatic hydroxyl groups excluding tert-OH is 1. The predicted octanol–water partition coefficient (Wildman–Crippen LogP) is 3.72. The first-order valence-corrected chi connectivity index (χ1v) is 8.09. The van der Waals surface area contributed by atoms with Crippen LogP contribution in [0.25, 0.3) is 5.57 Å². The largest absolute Gasteiger partial charge is 0.368 e. The molecule has 3 nitrogen and oxygen atoms in total. The lowest BCUT2D eigenvalue weighted by atomic mass is 9.70. The standard InChI is InChI=1S/C19H26N2O/c1-8-9(2)11(4)16-15(10(8)3)12(5)13(6)18-17(16)19(22)21-14(7)20-18/h12-13,19,22H,1-7H3,(H,20,21). The van der Waals surface area contributed by atoms with Gasteiger partial charge in [0.25, 0.3) is 0 Å². The first-order valence-electron chi connectivity index (χ1n) is 8.09. The summed E-state index contributed by atoms with van der Waals surface area (Å²) in [4.78, 5) is 4.35. The van der Waals surface area contributed by atoms with Crippen LogP contribution in [0.4, 0.5) is 0 Å². The summed E-state index contributed by atoms with van der Waals surface area (Å²) in [5.74, 6) is 1.58. The van der Waals surface area contributed by atoms with E-state index in [-0.39, 0.29) is 0 Å². The Hall–Kier alpha value is -1.61. The van der Waals surface area contributed by atoms with Crippen molar-refractivity contribution in [2.24, 2.45) is 10.9 Å². The molecule has 3 heteroatoms. The van der Waals surface area contributed by atoms with Crippen LogP contribution in [0.15, 0.2) is 10.7 Å². The molecule has 1 heterocycles. The third-order valence-corrected chi connectivity index (χ3v) is 5.85. The molecule has 1 aliphatic carbocycles. The molecule has 3 rings (SSSR count). The summed E-state index contributed by atoms with van der Waals surface area (Å²) in [6, 6.07) is 0. The third kappa shape index (κ3) is 1.88. The van der Waals surface area contributed by atoms with Gasteiger partial charge in [0.15, 0.2) is 6.23 Å². The molecule has 2 N–H and O–H groups in total. The molecule has 1 aliphatic heterocycles. The van der Waals surface area contributed by atoms with E-state index in [1.165, 1.54) is 33.4 Å². The van der Waals surface area contributed by atoms with Crippen molar-refractivity contribution in [3.05, 3.63) is 39.1 Å². The minimum atomic E-state index is -0.759. The number of aliphatic hydroxyl groups is 1. The smallest absolute Gasteiger partial charge is 0.175 e. The quantitative estimate of drug-likeness (QED) is 0.766. The first kappa shape index (κ1) is 15.3. The van der Waals surface area contributed by atoms with Gasteiger partial charge in [0.05, 0.1) is 0 Å². The molecule has 0 amide bonds. The Morgan fingerprint density at radius 3 is 2.09 bits per heavy atom. The lowest BCUT2D eigenvalue weighted by Gasteiger charge is -2.40. The Balaban J connectivity index is 2.39. The zero-order chi connectivity index (χ0) is 16.3. The Labute approximate surface area is 133 Å². The molecule has 0 bridgehead atoms. The van der Waals surface area contributed by atoms with E-state index in [0.29, 0.717) is 11.8 Å². The topological polar surface area (TPSA) is 44.6 Å². The molecule has 0 radical (unpaired) electrons. The molecule has 1 aromatic rings. The Kier molecular flexibility index (Phi) is 3.44. The molecule has 3 unspecified atom stereocenters. The van der Waals surface area contributed by atoms with E-state index in [2.05, 4.69) is 51.9 Å². The molecule has 1 aromatic carbocycles. The monoisotopic (exact) mass is 298 g/mol. The highest BCUT2D eigenvalue weighted by Gasteiger charge is 2.37. The average Bonchev–Trinajstić information content (AvgIpc) is 2.46. The molecule has 0 aromatic heterocycles. The minimum Gasteiger partial charge on any atom is -0.368 e. The van der Waals surface area contributed by atoms with Gasteiger partial charge in [-0.15, -0.1) is 0 Å². The molecule has 118 valence electrons. The minimum absolute atomic E-state index is 0.350. The lowest BCUT2D eigenvalue weighted by Crippen LogP contribution is -2.38. The maximum absolute atomic E-state index is 10.6. The lowest BCUT2D eigenvalue weighted by molar-refractivity contribution is 0.236. The van der Waals surface area contributed by atoms with Gasteiger partial charge in [-0.25, -0.2) is 4.99 Å². The maximum Gasteiger partial charge on any atom is 0.175 e. The second-order valence-corrected chi connectivity index (χ2v) is 6.91. The number of rotatable bonds is 0. The van der Waals surface area contributed by atoms with Crippen LogP contribution in [0.3, 0.4) is 0 Å². The second kappa shape index (κ2) is 4.95. The van der Waals surface area contributed by atoms with E-state index in [9.17, 15) is 5.11 Å². The number of nitrogens with zero attached hydrogens (tertiary/aromatic N) is 1. The van der Waals surface area contributed by atoms with Crippen LogP contribution in [-0.4, -0.2) is 17.2 Å². The van der Waals surface area contributed by atoms with Crippen molar-refractivity contribution in [2.45, 2.75) is 60.6 Å². The number of benzene rings is 1. The van der Waals surface area contributed by atoms with E-state index in [1.54, 1.807) is 0 Å². The zero-order valence-corrected chi connectivity index (χ0v) is 14.6. The van der Waals surface area contributed by atoms with Crippen LogP contribution in [0.1, 0.15) is 60.1 Å². The van der Waals surface area contributed by atoms with E-state index in [0.717, 1.165) is 17.1 Å². The summed E-state index contributed by atoms with van der Waals surface area (Å²) in [5, 5.41) is 14.0. The number of aliphatic imine (C=N–C) groups is 1. The number of allylic oxidation sites excluding steroid dienone is 1. The predicted molar refractivity (Wildman–Crippen MR) is 92.1 cm³/mol. The van der Waals surface area contributed by atoms with Crippen LogP contribution in [0.5, 0.6) is 0 Å². The van der Waals surface area contributed by atoms with Gasteiger partial charge in [-0.05, 0) is 73.9 Å². The Bertz CT molecular complexity index is 728. The van der Waals surface area contributed by atoms with Gasteiger partial charge in [-0.1, -0.05) is 13.8 Å². The highest BCUT2D eigenvalue weighted by molar-refractivity contribution is 5.91. The number of nitrogens with one attached hydrogen (secondary N) is 1. The summed E-state index contributed by atoms with van der Waals surface area (Å²) in [7, 11) is 0. The Morgan fingerprint density at radius 2 is 1.45 bits per heavy atom. The third-order valence-electron chi connectivity index (χ3n) is 5.85. The number of hydrogen-bond acceptors (Lipinski definition) is 3. The van der Waals surface area contributed by atoms with Crippen LogP contribution in [-0.2, 0) is 0 Å². The van der Waals surface area contributed by atoms with Gasteiger partial charge in [0, 0.05) is 17.2 Å². The van der Waals surface area contributed by atoms with Crippen LogP contribution < -0.4 is 5.32 Å². The molecular formula is C19H26N2O. The van der Waals surface area contributed by atoms with Gasteiger partial charge in [0.2, 0.25) is 0 Å². The van der Waals surface area contributed by atoms with E-state index >= 15 is 0 Å². The van der Waals surface area contributed by atoms with Crippen LogP contribution >= 0.6 is 0 Å². The van der Waals surface area contributed by atoms with E-state index < -0.39 is 6.23 Å². The number of hydrogen-bond donors (Lipinski definition) is 2. The highest BCUT2D eigenvalue weighted by Crippen LogP contribution is 2.47. The highest BCUT2D eigenvalue weighted by atomic mass is 16.3. The zero-order valence-electron chi connectivity index (χ0n) is 14.6. The molecule has 3 atom stereocenters. The van der Waals surface area contributed by atoms with Crippen molar-refractivity contribution in [1.29, 1.82) is 0 Å². The van der Waals surface area contributed by atoms with E-state index in [4.69, 9.17) is 0 Å². The Morgan fingerprint density at radius 1 is 0.864 bits per heavy atom. The molecule has 0 saturated carbocycles. The van der Waals surface area contributed by atoms with Gasteiger partial charge in [-0.2, -0.15) is 0 Å². The SMILES string of the molecule is CC1=NC(O)C2=C(N1)C(C)C(C)c1c(C)c(C)c(C)c(C)c12. The summed E-state index contributed by atoms with van der Waals surface area (Å²) in [5.41, 5.74) is 10.1. The molecule has 2 aliphatic rings. The first-order chi connectivity index (χ1) is 10.3. The molecule has 0 fully saturated rings. The van der Waals surface area contributed by atoms with Crippen molar-refractivity contribution < 1.29 is 5.11 Å². The second-order valence-electron chi connectivity index (χ2n) is 6.91. The van der Waals surface area contributed by atoms with Crippen molar-refractivity contribution >= 4 is 11.4 Å². The van der Waals surface area contributed by atoms with Gasteiger partial charge >= 0.3 is 0 Å². The fraction of sp³-hybridized carbons (Fsp3) is 0.526. The van der Waals surface area contributed by atoms with Crippen LogP contribution in [0, 0.1) is 33.6 Å². The van der Waals surface area contributed by atoms with Crippen molar-refractivity contribution in [2.75, 3.05) is 0 Å². The number of amidine groups is 1. The summed E-state index contributed by atoms with van der Waals surface area (Å²) in [6.45, 7) is 15.2. The summed E-state index contributed by atoms with van der Waals surface area (Å²) in [6.07, 6.45) is -0.759. The maximum atomic E-state index is 10.6. The van der Waals surface area contributed by atoms with Gasteiger partial charge < -0.3 is 10.4 Å². The van der Waals surface area contributed by atoms with Crippen molar-refractivity contribution in [1.82, 2.24) is 5.32 Å². The molecule has 0 saturated heterocycles. The normalized spacial score (nSPS) is 27.1. The summed E-state index contributed by atoms with van der Waals surface area (Å²) < 4.78 is 0. The van der Waals surface area contributed by atoms with Crippen molar-refractivity contribution in [3.63, 3.8) is 0 Å². The average molecular weight is 298 g/mol. The fourth-order valence-corrected chi connectivity index (χ4v) is 4.06. The van der Waals surface area contributed by atoms with Gasteiger partial charge in [-0.3, -0.25) is 0 Å². The van der Waals surface area contributed by atoms with E-state index in [1.807, 2.05) is 6.92 Å². The molecule has 0 spiro atoms. The van der Waals surface area contributed by atoms with Crippen molar-refractivity contribution in [3.8, 4) is 0 Å². The number of fused-ring (bicyclic) bond motifs is 2. The van der Waals surface area contributed by atoms with Gasteiger partial charge in [0.1, 0.15) is 5.84 Å².